The van der Waals surface area contributed by atoms with Gasteiger partial charge < -0.3 is 10.2 Å². The second-order valence-electron chi connectivity index (χ2n) is 5.36. The van der Waals surface area contributed by atoms with Gasteiger partial charge in [-0.05, 0) is 36.8 Å². The summed E-state index contributed by atoms with van der Waals surface area (Å²) in [6, 6.07) is 5.84. The highest BCUT2D eigenvalue weighted by atomic mass is 35.5. The first-order valence-electron chi connectivity index (χ1n) is 6.88. The van der Waals surface area contributed by atoms with Gasteiger partial charge in [0, 0.05) is 31.0 Å². The average Bonchev–Trinajstić information content (AvgIpc) is 2.42. The van der Waals surface area contributed by atoms with Crippen molar-refractivity contribution < 1.29 is 4.79 Å². The Morgan fingerprint density at radius 1 is 1.45 bits per heavy atom. The Hall–Kier alpha value is -0.870. The van der Waals surface area contributed by atoms with E-state index < -0.39 is 0 Å². The molecule has 0 saturated carbocycles. The van der Waals surface area contributed by atoms with Crippen molar-refractivity contribution in [2.24, 2.45) is 0 Å². The van der Waals surface area contributed by atoms with Crippen LogP contribution in [0.4, 0.5) is 5.69 Å². The molecule has 1 amide bonds. The molecule has 0 bridgehead atoms. The van der Waals surface area contributed by atoms with Gasteiger partial charge in [-0.15, -0.1) is 0 Å². The molecular formula is C15H21ClN2OS. The quantitative estimate of drug-likeness (QED) is 0.923. The van der Waals surface area contributed by atoms with E-state index >= 15 is 0 Å². The number of carbonyl (C=O) groups is 1. The van der Waals surface area contributed by atoms with Crippen molar-refractivity contribution in [3.8, 4) is 0 Å². The number of benzene rings is 1. The smallest absolute Gasteiger partial charge is 0.253 e. The largest absolute Gasteiger partial charge is 0.380 e. The van der Waals surface area contributed by atoms with Crippen molar-refractivity contribution in [2.45, 2.75) is 31.1 Å². The van der Waals surface area contributed by atoms with Crippen LogP contribution in [0.15, 0.2) is 18.2 Å². The zero-order valence-corrected chi connectivity index (χ0v) is 13.7. The minimum Gasteiger partial charge on any atom is -0.380 e. The third-order valence-electron chi connectivity index (χ3n) is 3.57. The van der Waals surface area contributed by atoms with E-state index in [1.807, 2.05) is 17.8 Å². The van der Waals surface area contributed by atoms with Gasteiger partial charge in [-0.1, -0.05) is 18.5 Å². The lowest BCUT2D eigenvalue weighted by Gasteiger charge is -2.30. The number of hydrogen-bond acceptors (Lipinski definition) is 3. The summed E-state index contributed by atoms with van der Waals surface area (Å²) >= 11 is 8.24. The summed E-state index contributed by atoms with van der Waals surface area (Å²) in [7, 11) is 3.51. The maximum absolute atomic E-state index is 12.0. The van der Waals surface area contributed by atoms with Gasteiger partial charge in [0.05, 0.1) is 10.7 Å². The lowest BCUT2D eigenvalue weighted by atomic mass is 10.1. The van der Waals surface area contributed by atoms with Gasteiger partial charge in [0.1, 0.15) is 0 Å². The van der Waals surface area contributed by atoms with E-state index in [2.05, 4.69) is 12.2 Å². The Labute approximate surface area is 130 Å². The number of rotatable bonds is 3. The summed E-state index contributed by atoms with van der Waals surface area (Å²) in [4.78, 5) is 13.6. The van der Waals surface area contributed by atoms with E-state index in [4.69, 9.17) is 11.6 Å². The second-order valence-corrected chi connectivity index (χ2v) is 7.26. The molecule has 1 N–H and O–H groups in total. The maximum atomic E-state index is 12.0. The molecule has 0 radical (unpaired) electrons. The number of nitrogens with zero attached hydrogens (tertiary/aromatic N) is 1. The number of anilines is 1. The van der Waals surface area contributed by atoms with Gasteiger partial charge in [0.25, 0.3) is 5.91 Å². The van der Waals surface area contributed by atoms with Crippen LogP contribution in [-0.2, 0) is 0 Å². The van der Waals surface area contributed by atoms with Crippen LogP contribution in [-0.4, -0.2) is 41.9 Å². The number of carbonyl (C=O) groups excluding carboxylic acids is 1. The molecule has 1 aliphatic heterocycles. The molecule has 0 aromatic heterocycles. The molecule has 3 nitrogen and oxygen atoms in total. The molecule has 0 aliphatic carbocycles. The number of halogens is 1. The first kappa shape index (κ1) is 15.5. The average molecular weight is 313 g/mol. The van der Waals surface area contributed by atoms with E-state index in [0.29, 0.717) is 21.9 Å². The van der Waals surface area contributed by atoms with Crippen LogP contribution < -0.4 is 5.32 Å². The third kappa shape index (κ3) is 3.61. The molecule has 1 fully saturated rings. The number of amides is 1. The van der Waals surface area contributed by atoms with Gasteiger partial charge in [0.15, 0.2) is 0 Å². The maximum Gasteiger partial charge on any atom is 0.253 e. The Morgan fingerprint density at radius 3 is 2.85 bits per heavy atom. The number of thioether (sulfide) groups is 1. The van der Waals surface area contributed by atoms with Crippen LogP contribution in [0.1, 0.15) is 30.1 Å². The molecule has 20 heavy (non-hydrogen) atoms. The molecule has 0 spiro atoms. The molecule has 2 rings (SSSR count). The number of hydrogen-bond donors (Lipinski definition) is 1. The Morgan fingerprint density at radius 2 is 2.20 bits per heavy atom. The normalized spacial score (nSPS) is 22.4. The highest BCUT2D eigenvalue weighted by Gasteiger charge is 2.22. The molecule has 1 aromatic carbocycles. The summed E-state index contributed by atoms with van der Waals surface area (Å²) in [6.07, 6.45) is 2.37. The molecule has 1 aliphatic rings. The second kappa shape index (κ2) is 6.72. The lowest BCUT2D eigenvalue weighted by Crippen LogP contribution is -2.33. The van der Waals surface area contributed by atoms with Crippen molar-refractivity contribution in [3.63, 3.8) is 0 Å². The van der Waals surface area contributed by atoms with E-state index in [1.165, 1.54) is 12.2 Å². The predicted molar refractivity (Wildman–Crippen MR) is 88.0 cm³/mol. The fourth-order valence-corrected chi connectivity index (χ4v) is 3.65. The van der Waals surface area contributed by atoms with Gasteiger partial charge in [-0.25, -0.2) is 0 Å². The predicted octanol–water partition coefficient (Wildman–Crippen LogP) is 3.74. The van der Waals surface area contributed by atoms with Crippen LogP contribution in [0.3, 0.4) is 0 Å². The molecule has 2 unspecified atom stereocenters. The molecule has 1 aromatic rings. The molecule has 5 heteroatoms. The minimum atomic E-state index is -0.00390. The van der Waals surface area contributed by atoms with E-state index in [-0.39, 0.29) is 5.91 Å². The van der Waals surface area contributed by atoms with Gasteiger partial charge in [-0.3, -0.25) is 4.79 Å². The van der Waals surface area contributed by atoms with Gasteiger partial charge in [-0.2, -0.15) is 11.8 Å². The Bertz CT molecular complexity index is 493. The molecule has 1 heterocycles. The van der Waals surface area contributed by atoms with Gasteiger partial charge in [0.2, 0.25) is 0 Å². The molecule has 1 saturated heterocycles. The Kier molecular flexibility index (Phi) is 5.22. The molecule has 2 atom stereocenters. The van der Waals surface area contributed by atoms with Crippen molar-refractivity contribution in [1.82, 2.24) is 4.90 Å². The summed E-state index contributed by atoms with van der Waals surface area (Å²) < 4.78 is 0. The summed E-state index contributed by atoms with van der Waals surface area (Å²) in [5.74, 6) is 1.22. The summed E-state index contributed by atoms with van der Waals surface area (Å²) in [5.41, 5.74) is 1.52. The Balaban J connectivity index is 2.18. The highest BCUT2D eigenvalue weighted by molar-refractivity contribution is 8.00. The standard InChI is InChI=1S/C15H21ClN2OS/c1-10-13(5-4-8-20-10)17-14-9-11(6-7-12(14)16)15(19)18(2)3/h6-7,9-10,13,17H,4-5,8H2,1-3H3. The monoisotopic (exact) mass is 312 g/mol. The lowest BCUT2D eigenvalue weighted by molar-refractivity contribution is 0.0827. The van der Waals surface area contributed by atoms with Crippen molar-refractivity contribution >= 4 is 35.0 Å². The fourth-order valence-electron chi connectivity index (χ4n) is 2.34. The van der Waals surface area contributed by atoms with Crippen LogP contribution in [0.2, 0.25) is 5.02 Å². The molecule has 110 valence electrons. The SMILES string of the molecule is CC1SCCCC1Nc1cc(C(=O)N(C)C)ccc1Cl. The van der Waals surface area contributed by atoms with Crippen LogP contribution >= 0.6 is 23.4 Å². The van der Waals surface area contributed by atoms with Crippen LogP contribution in [0.5, 0.6) is 0 Å². The summed E-state index contributed by atoms with van der Waals surface area (Å²) in [5, 5.41) is 4.74. The molecular weight excluding hydrogens is 292 g/mol. The van der Waals surface area contributed by atoms with Crippen LogP contribution in [0, 0.1) is 0 Å². The fraction of sp³-hybridized carbons (Fsp3) is 0.533. The third-order valence-corrected chi connectivity index (χ3v) is 5.28. The van der Waals surface area contributed by atoms with Crippen molar-refractivity contribution in [1.29, 1.82) is 0 Å². The zero-order valence-electron chi connectivity index (χ0n) is 12.1. The van der Waals surface area contributed by atoms with Crippen LogP contribution in [0.25, 0.3) is 0 Å². The highest BCUT2D eigenvalue weighted by Crippen LogP contribution is 2.31. The van der Waals surface area contributed by atoms with E-state index in [0.717, 1.165) is 12.1 Å². The first-order valence-corrected chi connectivity index (χ1v) is 8.31. The van der Waals surface area contributed by atoms with Crippen molar-refractivity contribution in [3.05, 3.63) is 28.8 Å². The number of nitrogens with one attached hydrogen (secondary N) is 1. The summed E-state index contributed by atoms with van der Waals surface area (Å²) in [6.45, 7) is 2.24. The van der Waals surface area contributed by atoms with Crippen molar-refractivity contribution in [2.75, 3.05) is 25.2 Å². The van der Waals surface area contributed by atoms with Gasteiger partial charge >= 0.3 is 0 Å². The van der Waals surface area contributed by atoms with E-state index in [9.17, 15) is 4.79 Å². The van der Waals surface area contributed by atoms with E-state index in [1.54, 1.807) is 31.1 Å². The topological polar surface area (TPSA) is 32.3 Å². The first-order chi connectivity index (χ1) is 9.49. The minimum absolute atomic E-state index is 0.00390. The zero-order chi connectivity index (χ0) is 14.7.